The van der Waals surface area contributed by atoms with Crippen molar-refractivity contribution in [1.82, 2.24) is 4.57 Å². The molecule has 5 heteroatoms. The third kappa shape index (κ3) is 4.26. The van der Waals surface area contributed by atoms with Crippen molar-refractivity contribution in [3.05, 3.63) is 70.5 Å². The van der Waals surface area contributed by atoms with Crippen LogP contribution in [0, 0.1) is 27.7 Å². The van der Waals surface area contributed by atoms with Crippen LogP contribution in [-0.2, 0) is 0 Å². The Morgan fingerprint density at radius 1 is 0.933 bits per heavy atom. The van der Waals surface area contributed by atoms with Crippen molar-refractivity contribution in [1.29, 1.82) is 0 Å². The van der Waals surface area contributed by atoms with Crippen molar-refractivity contribution < 1.29 is 14.3 Å². The van der Waals surface area contributed by atoms with Crippen molar-refractivity contribution >= 4 is 17.5 Å². The summed E-state index contributed by atoms with van der Waals surface area (Å²) in [5.41, 5.74) is 6.39. The van der Waals surface area contributed by atoms with Crippen LogP contribution in [0.25, 0.3) is 5.69 Å². The Hall–Kier alpha value is -2.66. The van der Waals surface area contributed by atoms with Crippen LogP contribution in [0.15, 0.2) is 47.4 Å². The number of ketones is 1. The molecule has 0 saturated carbocycles. The van der Waals surface area contributed by atoms with Crippen molar-refractivity contribution in [2.45, 2.75) is 39.0 Å². The molecular weight excluding hydrogens is 394 g/mol. The molecule has 156 valence electrons. The number of carbonyl (C=O) groups is 1. The predicted molar refractivity (Wildman–Crippen MR) is 122 cm³/mol. The van der Waals surface area contributed by atoms with Gasteiger partial charge < -0.3 is 14.0 Å². The average molecular weight is 422 g/mol. The molecule has 0 saturated heterocycles. The molecule has 30 heavy (non-hydrogen) atoms. The van der Waals surface area contributed by atoms with Crippen LogP contribution in [0.4, 0.5) is 0 Å². The molecule has 1 aromatic heterocycles. The highest BCUT2D eigenvalue weighted by atomic mass is 32.2. The third-order valence-electron chi connectivity index (χ3n) is 5.29. The van der Waals surface area contributed by atoms with Crippen LogP contribution in [0.2, 0.25) is 0 Å². The Balaban J connectivity index is 1.52. The van der Waals surface area contributed by atoms with E-state index in [0.29, 0.717) is 19.0 Å². The summed E-state index contributed by atoms with van der Waals surface area (Å²) in [4.78, 5) is 14.0. The van der Waals surface area contributed by atoms with Gasteiger partial charge >= 0.3 is 0 Å². The molecule has 4 nitrogen and oxygen atoms in total. The largest absolute Gasteiger partial charge is 0.490 e. The summed E-state index contributed by atoms with van der Waals surface area (Å²) < 4.78 is 13.6. The lowest BCUT2D eigenvalue weighted by atomic mass is 10.1. The van der Waals surface area contributed by atoms with Crippen LogP contribution in [-0.4, -0.2) is 29.3 Å². The summed E-state index contributed by atoms with van der Waals surface area (Å²) in [6.07, 6.45) is 0.881. The van der Waals surface area contributed by atoms with Crippen LogP contribution < -0.4 is 9.47 Å². The molecule has 3 aromatic rings. The number of fused-ring (bicyclic) bond motifs is 1. The lowest BCUT2D eigenvalue weighted by Gasteiger charge is -2.12. The molecule has 2 aromatic carbocycles. The SMILES string of the molecule is Cc1cc(C)cc(-n2c(C)cc(C(=O)CSc3ccc4c(c3)OCCCO4)c2C)c1. The fraction of sp³-hybridized carbons (Fsp3) is 0.320. The second kappa shape index (κ2) is 8.60. The van der Waals surface area contributed by atoms with Crippen molar-refractivity contribution in [3.8, 4) is 17.2 Å². The number of carbonyl (C=O) groups excluding carboxylic acids is 1. The van der Waals surface area contributed by atoms with Crippen LogP contribution in [0.1, 0.15) is 39.3 Å². The summed E-state index contributed by atoms with van der Waals surface area (Å²) in [5, 5.41) is 0. The first-order valence-electron chi connectivity index (χ1n) is 10.3. The number of Topliss-reactive ketones (excluding diaryl/α,β-unsaturated/α-hetero) is 1. The van der Waals surface area contributed by atoms with Gasteiger partial charge in [0.25, 0.3) is 0 Å². The molecule has 0 radical (unpaired) electrons. The number of rotatable bonds is 5. The maximum Gasteiger partial charge on any atom is 0.174 e. The van der Waals surface area contributed by atoms with E-state index in [1.165, 1.54) is 22.9 Å². The molecular formula is C25H27NO3S. The molecule has 1 aliphatic rings. The number of nitrogens with zero attached hydrogens (tertiary/aromatic N) is 1. The fourth-order valence-electron chi connectivity index (χ4n) is 3.98. The molecule has 0 aliphatic carbocycles. The summed E-state index contributed by atoms with van der Waals surface area (Å²) in [6.45, 7) is 9.61. The highest BCUT2D eigenvalue weighted by molar-refractivity contribution is 8.00. The second-order valence-corrected chi connectivity index (χ2v) is 8.89. The number of benzene rings is 2. The number of hydrogen-bond acceptors (Lipinski definition) is 4. The first-order valence-corrected chi connectivity index (χ1v) is 11.2. The molecule has 0 atom stereocenters. The van der Waals surface area contributed by atoms with Gasteiger partial charge in [-0.1, -0.05) is 6.07 Å². The summed E-state index contributed by atoms with van der Waals surface area (Å²) in [5.74, 6) is 2.06. The normalized spacial score (nSPS) is 13.2. The molecule has 2 heterocycles. The molecule has 0 bridgehead atoms. The molecule has 0 amide bonds. The molecule has 1 aliphatic heterocycles. The minimum Gasteiger partial charge on any atom is -0.490 e. The van der Waals surface area contributed by atoms with Gasteiger partial charge in [0.05, 0.1) is 19.0 Å². The van der Waals surface area contributed by atoms with E-state index in [4.69, 9.17) is 9.47 Å². The molecule has 4 rings (SSSR count). The number of aromatic nitrogens is 1. The Kier molecular flexibility index (Phi) is 5.91. The standard InChI is InChI=1S/C25H27NO3S/c1-16-10-17(2)12-20(11-16)26-18(3)13-22(19(26)4)23(27)15-30-21-6-7-24-25(14-21)29-9-5-8-28-24/h6-7,10-14H,5,8-9,15H2,1-4H3. The first kappa shape index (κ1) is 20.6. The van der Waals surface area contributed by atoms with E-state index >= 15 is 0 Å². The number of aryl methyl sites for hydroxylation is 3. The summed E-state index contributed by atoms with van der Waals surface area (Å²) in [7, 11) is 0. The number of thioether (sulfide) groups is 1. The topological polar surface area (TPSA) is 40.5 Å². The molecule has 0 spiro atoms. The lowest BCUT2D eigenvalue weighted by molar-refractivity contribution is 0.102. The number of ether oxygens (including phenoxy) is 2. The minimum absolute atomic E-state index is 0.135. The average Bonchev–Trinajstić information content (AvgIpc) is 2.86. The van der Waals surface area contributed by atoms with Crippen LogP contribution in [0.3, 0.4) is 0 Å². The van der Waals surface area contributed by atoms with Crippen molar-refractivity contribution in [3.63, 3.8) is 0 Å². The predicted octanol–water partition coefficient (Wildman–Crippen LogP) is 5.85. The highest BCUT2D eigenvalue weighted by Crippen LogP contribution is 2.34. The van der Waals surface area contributed by atoms with Crippen LogP contribution >= 0.6 is 11.8 Å². The Morgan fingerprint density at radius 2 is 1.63 bits per heavy atom. The summed E-state index contributed by atoms with van der Waals surface area (Å²) >= 11 is 1.53. The Labute approximate surface area is 182 Å². The van der Waals surface area contributed by atoms with E-state index in [0.717, 1.165) is 45.5 Å². The van der Waals surface area contributed by atoms with Gasteiger partial charge in [-0.2, -0.15) is 0 Å². The van der Waals surface area contributed by atoms with E-state index in [2.05, 4.69) is 43.5 Å². The molecule has 0 fully saturated rings. The van der Waals surface area contributed by atoms with Gasteiger partial charge in [0.15, 0.2) is 17.3 Å². The van der Waals surface area contributed by atoms with Gasteiger partial charge in [-0.25, -0.2) is 0 Å². The van der Waals surface area contributed by atoms with E-state index in [-0.39, 0.29) is 5.78 Å². The zero-order chi connectivity index (χ0) is 21.3. The zero-order valence-corrected chi connectivity index (χ0v) is 18.8. The minimum atomic E-state index is 0.135. The first-order chi connectivity index (χ1) is 14.4. The molecule has 0 unspecified atom stereocenters. The van der Waals surface area contributed by atoms with Crippen molar-refractivity contribution in [2.24, 2.45) is 0 Å². The van der Waals surface area contributed by atoms with Gasteiger partial charge in [0, 0.05) is 34.0 Å². The smallest absolute Gasteiger partial charge is 0.174 e. The quantitative estimate of drug-likeness (QED) is 0.383. The maximum atomic E-state index is 13.0. The van der Waals surface area contributed by atoms with Gasteiger partial charge in [0.1, 0.15) is 0 Å². The third-order valence-corrected chi connectivity index (χ3v) is 6.28. The highest BCUT2D eigenvalue weighted by Gasteiger charge is 2.18. The van der Waals surface area contributed by atoms with E-state index in [9.17, 15) is 4.79 Å². The second-order valence-electron chi connectivity index (χ2n) is 7.84. The van der Waals surface area contributed by atoms with Gasteiger partial charge in [-0.15, -0.1) is 11.8 Å². The Bertz CT molecular complexity index is 1080. The number of hydrogen-bond donors (Lipinski definition) is 0. The van der Waals surface area contributed by atoms with Gasteiger partial charge in [-0.05, 0) is 75.2 Å². The summed E-state index contributed by atoms with van der Waals surface area (Å²) in [6, 6.07) is 14.4. The van der Waals surface area contributed by atoms with Crippen LogP contribution in [0.5, 0.6) is 11.5 Å². The molecule has 0 N–H and O–H groups in total. The zero-order valence-electron chi connectivity index (χ0n) is 18.0. The van der Waals surface area contributed by atoms with Gasteiger partial charge in [0.2, 0.25) is 0 Å². The maximum absolute atomic E-state index is 13.0. The van der Waals surface area contributed by atoms with E-state index < -0.39 is 0 Å². The van der Waals surface area contributed by atoms with Crippen molar-refractivity contribution in [2.75, 3.05) is 19.0 Å². The fourth-order valence-corrected chi connectivity index (χ4v) is 4.79. The Morgan fingerprint density at radius 3 is 2.37 bits per heavy atom. The lowest BCUT2D eigenvalue weighted by Crippen LogP contribution is -2.06. The van der Waals surface area contributed by atoms with E-state index in [1.54, 1.807) is 0 Å². The monoisotopic (exact) mass is 421 g/mol. The van der Waals surface area contributed by atoms with Gasteiger partial charge in [-0.3, -0.25) is 4.79 Å². The van der Waals surface area contributed by atoms with E-state index in [1.807, 2.05) is 31.2 Å².